The Morgan fingerprint density at radius 2 is 1.89 bits per heavy atom. The minimum atomic E-state index is -4.87. The molecule has 0 aliphatic heterocycles. The number of carboxylic acid groups (broad SMARTS) is 1. The second kappa shape index (κ2) is 7.46. The van der Waals surface area contributed by atoms with E-state index in [-0.39, 0.29) is 18.6 Å². The van der Waals surface area contributed by atoms with E-state index in [1.807, 2.05) is 4.90 Å². The van der Waals surface area contributed by atoms with E-state index in [0.29, 0.717) is 31.4 Å². The van der Waals surface area contributed by atoms with Crippen molar-refractivity contribution in [3.8, 4) is 0 Å². The molecule has 0 saturated heterocycles. The Hall–Kier alpha value is -2.16. The highest BCUT2D eigenvalue weighted by Gasteiger charge is 2.39. The Balaban J connectivity index is 1.58. The van der Waals surface area contributed by atoms with Gasteiger partial charge in [-0.05, 0) is 43.7 Å². The molecule has 0 spiro atoms. The zero-order valence-corrected chi connectivity index (χ0v) is 14.4. The number of hydrogen-bond acceptors (Lipinski definition) is 3. The van der Waals surface area contributed by atoms with Gasteiger partial charge in [0.25, 0.3) is 5.91 Å². The van der Waals surface area contributed by atoms with Crippen LogP contribution in [0.5, 0.6) is 0 Å². The number of alkyl halides is 3. The Labute approximate surface area is 153 Å². The maximum absolute atomic E-state index is 14.0. The van der Waals surface area contributed by atoms with E-state index >= 15 is 0 Å². The molecule has 0 radical (unpaired) electrons. The highest BCUT2D eigenvalue weighted by Crippen LogP contribution is 2.35. The molecule has 9 heteroatoms. The maximum atomic E-state index is 14.0. The lowest BCUT2D eigenvalue weighted by molar-refractivity contribution is -0.140. The van der Waals surface area contributed by atoms with Crippen molar-refractivity contribution in [1.82, 2.24) is 10.2 Å². The predicted molar refractivity (Wildman–Crippen MR) is 87.6 cm³/mol. The topological polar surface area (TPSA) is 69.6 Å². The molecular formula is C18H20F4N2O3. The Morgan fingerprint density at radius 3 is 2.44 bits per heavy atom. The minimum Gasteiger partial charge on any atom is -0.480 e. The summed E-state index contributed by atoms with van der Waals surface area (Å²) in [5.74, 6) is -2.89. The molecule has 2 N–H and O–H groups in total. The van der Waals surface area contributed by atoms with Crippen molar-refractivity contribution in [2.75, 3.05) is 13.1 Å². The van der Waals surface area contributed by atoms with Crippen molar-refractivity contribution >= 4 is 11.9 Å². The lowest BCUT2D eigenvalue weighted by Crippen LogP contribution is -2.55. The lowest BCUT2D eigenvalue weighted by Gasteiger charge is -2.42. The van der Waals surface area contributed by atoms with E-state index in [4.69, 9.17) is 5.11 Å². The Morgan fingerprint density at radius 1 is 1.22 bits per heavy atom. The number of nitrogens with zero attached hydrogens (tertiary/aromatic N) is 1. The van der Waals surface area contributed by atoms with Gasteiger partial charge in [-0.2, -0.15) is 13.2 Å². The van der Waals surface area contributed by atoms with Crippen molar-refractivity contribution in [3.63, 3.8) is 0 Å². The first-order chi connectivity index (χ1) is 12.6. The van der Waals surface area contributed by atoms with Crippen LogP contribution in [-0.2, 0) is 11.0 Å². The van der Waals surface area contributed by atoms with Gasteiger partial charge in [0.1, 0.15) is 5.82 Å². The van der Waals surface area contributed by atoms with E-state index in [1.54, 1.807) is 0 Å². The fraction of sp³-hybridized carbons (Fsp3) is 0.556. The summed E-state index contributed by atoms with van der Waals surface area (Å²) in [6.45, 7) is 0.615. The van der Waals surface area contributed by atoms with Crippen LogP contribution in [0.2, 0.25) is 0 Å². The zero-order chi connectivity index (χ0) is 19.8. The predicted octanol–water partition coefficient (Wildman–Crippen LogP) is 2.90. The molecule has 0 heterocycles. The van der Waals surface area contributed by atoms with E-state index in [9.17, 15) is 27.2 Å². The molecule has 2 saturated carbocycles. The number of carbonyl (C=O) groups excluding carboxylic acids is 1. The molecule has 2 aliphatic rings. The molecule has 148 valence electrons. The second-order valence-corrected chi connectivity index (χ2v) is 7.23. The number of nitrogens with one attached hydrogen (secondary N) is 1. The molecule has 0 unspecified atom stereocenters. The number of halogens is 4. The minimum absolute atomic E-state index is 0.00152. The third-order valence-corrected chi connectivity index (χ3v) is 5.04. The molecule has 0 atom stereocenters. The van der Waals surface area contributed by atoms with Crippen LogP contribution < -0.4 is 5.32 Å². The lowest BCUT2D eigenvalue weighted by atomic mass is 9.85. The molecule has 1 amide bonds. The number of carbonyl (C=O) groups is 2. The van der Waals surface area contributed by atoms with Gasteiger partial charge in [-0.1, -0.05) is 6.07 Å². The summed E-state index contributed by atoms with van der Waals surface area (Å²) in [6, 6.07) is 2.28. The summed E-state index contributed by atoms with van der Waals surface area (Å²) in [7, 11) is 0. The van der Waals surface area contributed by atoms with Crippen LogP contribution in [0.25, 0.3) is 0 Å². The third-order valence-electron chi connectivity index (χ3n) is 5.04. The average molecular weight is 388 g/mol. The molecular weight excluding hydrogens is 368 g/mol. The fourth-order valence-corrected chi connectivity index (χ4v) is 3.34. The van der Waals surface area contributed by atoms with Crippen LogP contribution in [-0.4, -0.2) is 47.1 Å². The van der Waals surface area contributed by atoms with Gasteiger partial charge in [0.05, 0.1) is 17.7 Å². The first-order valence-electron chi connectivity index (χ1n) is 8.77. The van der Waals surface area contributed by atoms with Crippen molar-refractivity contribution < 1.29 is 32.3 Å². The standard InChI is InChI=1S/C18H20F4N2O3/c19-16-13(2-1-3-14(16)18(20,21)22)17(27)23-11-6-12(7-11)24(9-15(25)26)8-10-4-5-10/h1-3,10-12H,4-9H2,(H,23,27)(H,25,26). The summed E-state index contributed by atoms with van der Waals surface area (Å²) in [5.41, 5.74) is -2.12. The highest BCUT2D eigenvalue weighted by atomic mass is 19.4. The van der Waals surface area contributed by atoms with Crippen LogP contribution in [0, 0.1) is 11.7 Å². The summed E-state index contributed by atoms with van der Waals surface area (Å²) in [6.07, 6.45) is -1.73. The Kier molecular flexibility index (Phi) is 5.41. The van der Waals surface area contributed by atoms with Gasteiger partial charge in [0, 0.05) is 18.6 Å². The number of amides is 1. The van der Waals surface area contributed by atoms with Crippen molar-refractivity contribution in [2.45, 2.75) is 43.9 Å². The van der Waals surface area contributed by atoms with Crippen LogP contribution in [0.15, 0.2) is 18.2 Å². The van der Waals surface area contributed by atoms with Crippen LogP contribution in [0.4, 0.5) is 17.6 Å². The molecule has 0 bridgehead atoms. The number of carboxylic acids is 1. The van der Waals surface area contributed by atoms with Gasteiger partial charge >= 0.3 is 12.1 Å². The van der Waals surface area contributed by atoms with E-state index < -0.39 is 35.0 Å². The summed E-state index contributed by atoms with van der Waals surface area (Å²) in [5, 5.41) is 11.6. The molecule has 5 nitrogen and oxygen atoms in total. The third kappa shape index (κ3) is 4.77. The van der Waals surface area contributed by atoms with Gasteiger partial charge in [-0.15, -0.1) is 0 Å². The van der Waals surface area contributed by atoms with E-state index in [1.165, 1.54) is 0 Å². The normalized spacial score (nSPS) is 22.4. The van der Waals surface area contributed by atoms with Gasteiger partial charge in [-0.25, -0.2) is 4.39 Å². The number of benzene rings is 1. The summed E-state index contributed by atoms with van der Waals surface area (Å²) in [4.78, 5) is 25.0. The Bertz CT molecular complexity index is 728. The number of aliphatic carboxylic acids is 1. The highest BCUT2D eigenvalue weighted by molar-refractivity contribution is 5.95. The molecule has 0 aromatic heterocycles. The molecule has 27 heavy (non-hydrogen) atoms. The quantitative estimate of drug-likeness (QED) is 0.705. The average Bonchev–Trinajstić information content (AvgIpc) is 3.32. The SMILES string of the molecule is O=C(O)CN(CC1CC1)C1CC(NC(=O)c2cccc(C(F)(F)F)c2F)C1. The molecule has 2 aliphatic carbocycles. The van der Waals surface area contributed by atoms with Gasteiger partial charge < -0.3 is 10.4 Å². The van der Waals surface area contributed by atoms with Gasteiger partial charge in [-0.3, -0.25) is 14.5 Å². The largest absolute Gasteiger partial charge is 0.480 e. The van der Waals surface area contributed by atoms with Gasteiger partial charge in [0.15, 0.2) is 0 Å². The molecule has 3 rings (SSSR count). The summed E-state index contributed by atoms with van der Waals surface area (Å²) >= 11 is 0. The van der Waals surface area contributed by atoms with E-state index in [0.717, 1.165) is 25.0 Å². The van der Waals surface area contributed by atoms with Crippen molar-refractivity contribution in [2.24, 2.45) is 5.92 Å². The van der Waals surface area contributed by atoms with Crippen molar-refractivity contribution in [1.29, 1.82) is 0 Å². The number of hydrogen-bond donors (Lipinski definition) is 2. The first-order valence-corrected chi connectivity index (χ1v) is 8.77. The smallest absolute Gasteiger partial charge is 0.419 e. The summed E-state index contributed by atoms with van der Waals surface area (Å²) < 4.78 is 52.3. The molecule has 1 aromatic rings. The second-order valence-electron chi connectivity index (χ2n) is 7.23. The monoisotopic (exact) mass is 388 g/mol. The maximum Gasteiger partial charge on any atom is 0.419 e. The fourth-order valence-electron chi connectivity index (χ4n) is 3.34. The van der Waals surface area contributed by atoms with Crippen LogP contribution in [0.1, 0.15) is 41.6 Å². The van der Waals surface area contributed by atoms with Crippen molar-refractivity contribution in [3.05, 3.63) is 35.1 Å². The van der Waals surface area contributed by atoms with Crippen LogP contribution in [0.3, 0.4) is 0 Å². The molecule has 2 fully saturated rings. The van der Waals surface area contributed by atoms with Crippen LogP contribution >= 0.6 is 0 Å². The zero-order valence-electron chi connectivity index (χ0n) is 14.4. The van der Waals surface area contributed by atoms with Gasteiger partial charge in [0.2, 0.25) is 0 Å². The number of rotatable bonds is 7. The molecule has 1 aromatic carbocycles. The first kappa shape index (κ1) is 19.6. The van der Waals surface area contributed by atoms with E-state index in [2.05, 4.69) is 5.32 Å².